The number of rotatable bonds is 13. The number of hydrogen-bond donors (Lipinski definition) is 3. The number of amides is 2. The SMILES string of the molecule is CN(Cc1c(C[C@H](C=O)CC(=O)N2CCC(Nc3ncccc3CNC=O)CC2)cc(Cl)c2[nH]ncc12)CC(C)(C)C. The summed E-state index contributed by atoms with van der Waals surface area (Å²) in [4.78, 5) is 44.8. The quantitative estimate of drug-likeness (QED) is 0.253. The lowest BCUT2D eigenvalue weighted by Gasteiger charge is -2.33. The summed E-state index contributed by atoms with van der Waals surface area (Å²) in [6.45, 7) is 9.80. The van der Waals surface area contributed by atoms with Crippen molar-refractivity contribution in [2.24, 2.45) is 11.3 Å². The van der Waals surface area contributed by atoms with E-state index in [1.807, 2.05) is 23.1 Å². The molecule has 226 valence electrons. The maximum atomic E-state index is 13.3. The number of fused-ring (bicyclic) bond motifs is 1. The van der Waals surface area contributed by atoms with Crippen LogP contribution in [-0.2, 0) is 33.9 Å². The van der Waals surface area contributed by atoms with Crippen LogP contribution in [0, 0.1) is 11.3 Å². The van der Waals surface area contributed by atoms with Crippen LogP contribution < -0.4 is 10.6 Å². The third-order valence-electron chi connectivity index (χ3n) is 7.63. The van der Waals surface area contributed by atoms with Crippen molar-refractivity contribution in [3.8, 4) is 0 Å². The Hall–Kier alpha value is -3.50. The molecule has 11 heteroatoms. The second kappa shape index (κ2) is 14.1. The van der Waals surface area contributed by atoms with Gasteiger partial charge in [0.25, 0.3) is 0 Å². The van der Waals surface area contributed by atoms with Crippen LogP contribution in [0.1, 0.15) is 56.7 Å². The predicted octanol–water partition coefficient (Wildman–Crippen LogP) is 4.19. The summed E-state index contributed by atoms with van der Waals surface area (Å²) in [5.41, 5.74) is 3.88. The van der Waals surface area contributed by atoms with Gasteiger partial charge in [-0.25, -0.2) is 4.98 Å². The number of pyridine rings is 1. The van der Waals surface area contributed by atoms with Crippen LogP contribution in [0.3, 0.4) is 0 Å². The highest BCUT2D eigenvalue weighted by atomic mass is 35.5. The lowest BCUT2D eigenvalue weighted by atomic mass is 9.91. The number of nitrogens with one attached hydrogen (secondary N) is 3. The van der Waals surface area contributed by atoms with Gasteiger partial charge < -0.3 is 25.2 Å². The molecule has 2 aromatic heterocycles. The van der Waals surface area contributed by atoms with Gasteiger partial charge in [0.05, 0.1) is 16.7 Å². The average Bonchev–Trinajstić information content (AvgIpc) is 3.44. The monoisotopic (exact) mass is 595 g/mol. The number of carbonyl (C=O) groups is 3. The first-order chi connectivity index (χ1) is 20.1. The summed E-state index contributed by atoms with van der Waals surface area (Å²) in [5, 5.41) is 14.9. The molecule has 1 atom stereocenters. The fourth-order valence-corrected chi connectivity index (χ4v) is 6.10. The van der Waals surface area contributed by atoms with Crippen molar-refractivity contribution >= 4 is 46.9 Å². The third-order valence-corrected chi connectivity index (χ3v) is 7.93. The van der Waals surface area contributed by atoms with Gasteiger partial charge in [0.1, 0.15) is 12.1 Å². The molecule has 1 saturated heterocycles. The van der Waals surface area contributed by atoms with E-state index >= 15 is 0 Å². The van der Waals surface area contributed by atoms with Crippen molar-refractivity contribution < 1.29 is 14.4 Å². The molecule has 0 radical (unpaired) electrons. The number of H-pyrrole nitrogens is 1. The van der Waals surface area contributed by atoms with Gasteiger partial charge in [0.2, 0.25) is 12.3 Å². The van der Waals surface area contributed by atoms with Crippen molar-refractivity contribution in [1.29, 1.82) is 0 Å². The molecule has 0 saturated carbocycles. The summed E-state index contributed by atoms with van der Waals surface area (Å²) in [7, 11) is 2.09. The van der Waals surface area contributed by atoms with E-state index in [2.05, 4.69) is 58.5 Å². The molecular weight excluding hydrogens is 554 g/mol. The van der Waals surface area contributed by atoms with Crippen LogP contribution in [0.25, 0.3) is 10.9 Å². The van der Waals surface area contributed by atoms with E-state index in [1.165, 1.54) is 0 Å². The molecule has 42 heavy (non-hydrogen) atoms. The van der Waals surface area contributed by atoms with Crippen molar-refractivity contribution in [2.75, 3.05) is 32.0 Å². The van der Waals surface area contributed by atoms with Crippen LogP contribution in [-0.4, -0.2) is 76.3 Å². The van der Waals surface area contributed by atoms with E-state index in [4.69, 9.17) is 11.6 Å². The highest BCUT2D eigenvalue weighted by Crippen LogP contribution is 2.32. The fourth-order valence-electron chi connectivity index (χ4n) is 5.82. The van der Waals surface area contributed by atoms with Crippen LogP contribution in [0.4, 0.5) is 5.82 Å². The molecule has 0 spiro atoms. The number of anilines is 1. The van der Waals surface area contributed by atoms with Gasteiger partial charge in [-0.3, -0.25) is 14.7 Å². The predicted molar refractivity (Wildman–Crippen MR) is 165 cm³/mol. The van der Waals surface area contributed by atoms with Gasteiger partial charge in [-0.05, 0) is 55.0 Å². The number of carbonyl (C=O) groups excluding carboxylic acids is 3. The number of aromatic nitrogens is 3. The standard InChI is InChI=1S/C31H42ClN7O3/c1-31(2,3)19-38(4)17-26-23(14-27(32)29-25(26)16-35-37-29)12-21(18-40)13-28(42)39-10-7-24(8-11-39)36-30-22(15-33-20-41)6-5-9-34-30/h5-6,9,14,16,18,20-21,24H,7-8,10-13,15,17,19H2,1-4H3,(H,33,41)(H,34,36)(H,35,37)/t21-/m0/s1. The normalized spacial score (nSPS) is 15.1. The zero-order valence-corrected chi connectivity index (χ0v) is 25.7. The van der Waals surface area contributed by atoms with Crippen molar-refractivity contribution in [3.05, 3.63) is 52.3 Å². The van der Waals surface area contributed by atoms with Crippen LogP contribution in [0.2, 0.25) is 5.02 Å². The van der Waals surface area contributed by atoms with E-state index in [0.29, 0.717) is 44.0 Å². The Bertz CT molecular complexity index is 1380. The number of aldehydes is 1. The second-order valence-electron chi connectivity index (χ2n) is 12.5. The first-order valence-corrected chi connectivity index (χ1v) is 14.9. The van der Waals surface area contributed by atoms with Gasteiger partial charge in [-0.1, -0.05) is 38.4 Å². The Morgan fingerprint density at radius 1 is 1.26 bits per heavy atom. The molecule has 1 fully saturated rings. The smallest absolute Gasteiger partial charge is 0.223 e. The maximum absolute atomic E-state index is 13.3. The van der Waals surface area contributed by atoms with E-state index in [1.54, 1.807) is 12.4 Å². The summed E-state index contributed by atoms with van der Waals surface area (Å²) in [6, 6.07) is 5.84. The zero-order chi connectivity index (χ0) is 30.3. The lowest BCUT2D eigenvalue weighted by molar-refractivity contribution is -0.134. The van der Waals surface area contributed by atoms with Gasteiger partial charge in [0, 0.05) is 68.3 Å². The molecule has 4 rings (SSSR count). The molecule has 1 aliphatic heterocycles. The molecule has 0 bridgehead atoms. The van der Waals surface area contributed by atoms with Gasteiger partial charge >= 0.3 is 0 Å². The van der Waals surface area contributed by atoms with E-state index in [-0.39, 0.29) is 23.8 Å². The topological polar surface area (TPSA) is 123 Å². The Morgan fingerprint density at radius 3 is 2.71 bits per heavy atom. The molecule has 3 aromatic rings. The Kier molecular flexibility index (Phi) is 10.6. The first kappa shape index (κ1) is 31.4. The summed E-state index contributed by atoms with van der Waals surface area (Å²) in [6.07, 6.45) is 7.21. The van der Waals surface area contributed by atoms with Crippen LogP contribution in [0.5, 0.6) is 0 Å². The van der Waals surface area contributed by atoms with Gasteiger partial charge in [-0.2, -0.15) is 5.10 Å². The van der Waals surface area contributed by atoms with E-state index in [9.17, 15) is 14.4 Å². The number of likely N-dealkylation sites (tertiary alicyclic amines) is 1. The maximum Gasteiger partial charge on any atom is 0.223 e. The van der Waals surface area contributed by atoms with Crippen molar-refractivity contribution in [1.82, 2.24) is 30.3 Å². The number of halogens is 1. The van der Waals surface area contributed by atoms with Crippen molar-refractivity contribution in [2.45, 2.75) is 65.6 Å². The Balaban J connectivity index is 1.39. The minimum atomic E-state index is -0.457. The summed E-state index contributed by atoms with van der Waals surface area (Å²) >= 11 is 6.60. The first-order valence-electron chi connectivity index (χ1n) is 14.5. The molecule has 0 aliphatic carbocycles. The van der Waals surface area contributed by atoms with Crippen LogP contribution >= 0.6 is 11.6 Å². The number of hydrogen-bond acceptors (Lipinski definition) is 7. The fraction of sp³-hybridized carbons (Fsp3) is 0.516. The highest BCUT2D eigenvalue weighted by molar-refractivity contribution is 6.35. The molecule has 3 N–H and O–H groups in total. The van der Waals surface area contributed by atoms with E-state index < -0.39 is 5.92 Å². The molecule has 0 unspecified atom stereocenters. The van der Waals surface area contributed by atoms with E-state index in [0.717, 1.165) is 59.1 Å². The Labute approximate surface area is 252 Å². The zero-order valence-electron chi connectivity index (χ0n) is 25.0. The highest BCUT2D eigenvalue weighted by Gasteiger charge is 2.27. The average molecular weight is 596 g/mol. The molecule has 3 heterocycles. The molecule has 2 amide bonds. The van der Waals surface area contributed by atoms with Crippen LogP contribution in [0.15, 0.2) is 30.6 Å². The van der Waals surface area contributed by atoms with Gasteiger partial charge in [-0.15, -0.1) is 0 Å². The number of nitrogens with zero attached hydrogens (tertiary/aromatic N) is 4. The minimum Gasteiger partial charge on any atom is -0.367 e. The number of piperidine rings is 1. The summed E-state index contributed by atoms with van der Waals surface area (Å²) < 4.78 is 0. The molecule has 1 aromatic carbocycles. The number of benzene rings is 1. The molecular formula is C31H42ClN7O3. The minimum absolute atomic E-state index is 0.0128. The van der Waals surface area contributed by atoms with Crippen molar-refractivity contribution in [3.63, 3.8) is 0 Å². The second-order valence-corrected chi connectivity index (χ2v) is 12.9. The number of aromatic amines is 1. The molecule has 1 aliphatic rings. The largest absolute Gasteiger partial charge is 0.367 e. The third kappa shape index (κ3) is 8.29. The molecule has 10 nitrogen and oxygen atoms in total. The lowest BCUT2D eigenvalue weighted by Crippen LogP contribution is -2.43. The Morgan fingerprint density at radius 2 is 2.02 bits per heavy atom. The summed E-state index contributed by atoms with van der Waals surface area (Å²) in [5.74, 6) is 0.276. The van der Waals surface area contributed by atoms with Gasteiger partial charge in [0.15, 0.2) is 0 Å².